The standard InChI is InChI=1S/C14H17N3O/c1-10-12(13(18)17-14(15)16-10)9-5-8-11-6-3-2-4-7-11/h2-4,6-7H,5,8-9H2,1H3,(H3,15,16,17,18). The number of nitrogens with zero attached hydrogens (tertiary/aromatic N) is 1. The van der Waals surface area contributed by atoms with Crippen molar-refractivity contribution in [1.29, 1.82) is 0 Å². The van der Waals surface area contributed by atoms with Crippen molar-refractivity contribution in [3.05, 3.63) is 57.5 Å². The summed E-state index contributed by atoms with van der Waals surface area (Å²) in [6, 6.07) is 10.2. The topological polar surface area (TPSA) is 71.8 Å². The van der Waals surface area contributed by atoms with E-state index in [1.165, 1.54) is 5.56 Å². The van der Waals surface area contributed by atoms with E-state index in [0.717, 1.165) is 30.5 Å². The van der Waals surface area contributed by atoms with Gasteiger partial charge in [0.05, 0.1) is 0 Å². The molecule has 0 atom stereocenters. The van der Waals surface area contributed by atoms with Crippen LogP contribution in [0.5, 0.6) is 0 Å². The largest absolute Gasteiger partial charge is 0.369 e. The molecule has 0 unspecified atom stereocenters. The van der Waals surface area contributed by atoms with E-state index in [1.807, 2.05) is 25.1 Å². The molecule has 1 heterocycles. The molecule has 0 aliphatic heterocycles. The van der Waals surface area contributed by atoms with Crippen LogP contribution in [0, 0.1) is 6.92 Å². The molecule has 0 radical (unpaired) electrons. The highest BCUT2D eigenvalue weighted by atomic mass is 16.1. The summed E-state index contributed by atoms with van der Waals surface area (Å²) in [6.45, 7) is 1.82. The highest BCUT2D eigenvalue weighted by Gasteiger charge is 2.06. The van der Waals surface area contributed by atoms with E-state index in [2.05, 4.69) is 22.1 Å². The quantitative estimate of drug-likeness (QED) is 0.860. The fourth-order valence-electron chi connectivity index (χ4n) is 2.04. The average molecular weight is 243 g/mol. The molecule has 18 heavy (non-hydrogen) atoms. The summed E-state index contributed by atoms with van der Waals surface area (Å²) in [6.07, 6.45) is 2.62. The van der Waals surface area contributed by atoms with Crippen LogP contribution in [0.4, 0.5) is 5.95 Å². The Morgan fingerprint density at radius 3 is 2.61 bits per heavy atom. The Kier molecular flexibility index (Phi) is 3.77. The van der Waals surface area contributed by atoms with Crippen LogP contribution in [0.2, 0.25) is 0 Å². The van der Waals surface area contributed by atoms with E-state index in [-0.39, 0.29) is 11.5 Å². The van der Waals surface area contributed by atoms with Crippen molar-refractivity contribution >= 4 is 5.95 Å². The van der Waals surface area contributed by atoms with E-state index >= 15 is 0 Å². The van der Waals surface area contributed by atoms with Gasteiger partial charge in [-0.3, -0.25) is 9.78 Å². The average Bonchev–Trinajstić information content (AvgIpc) is 2.34. The Morgan fingerprint density at radius 2 is 1.94 bits per heavy atom. The molecule has 0 fully saturated rings. The van der Waals surface area contributed by atoms with E-state index in [1.54, 1.807) is 0 Å². The second-order valence-electron chi connectivity index (χ2n) is 4.35. The van der Waals surface area contributed by atoms with Crippen LogP contribution in [-0.4, -0.2) is 9.97 Å². The Hall–Kier alpha value is -2.10. The summed E-state index contributed by atoms with van der Waals surface area (Å²) in [5.41, 5.74) is 8.11. The normalized spacial score (nSPS) is 10.5. The van der Waals surface area contributed by atoms with Crippen molar-refractivity contribution in [1.82, 2.24) is 9.97 Å². The molecule has 0 saturated carbocycles. The maximum Gasteiger partial charge on any atom is 0.255 e. The monoisotopic (exact) mass is 243 g/mol. The van der Waals surface area contributed by atoms with Gasteiger partial charge < -0.3 is 5.73 Å². The Morgan fingerprint density at radius 1 is 1.22 bits per heavy atom. The molecule has 0 aliphatic carbocycles. The molecule has 1 aromatic carbocycles. The third kappa shape index (κ3) is 2.97. The maximum absolute atomic E-state index is 11.7. The zero-order valence-electron chi connectivity index (χ0n) is 10.4. The molecule has 4 nitrogen and oxygen atoms in total. The molecule has 0 saturated heterocycles. The van der Waals surface area contributed by atoms with Crippen LogP contribution in [0.1, 0.15) is 23.2 Å². The Bertz CT molecular complexity index is 575. The predicted octanol–water partition coefficient (Wildman–Crippen LogP) is 1.84. The predicted molar refractivity (Wildman–Crippen MR) is 72.5 cm³/mol. The van der Waals surface area contributed by atoms with Gasteiger partial charge in [-0.2, -0.15) is 0 Å². The number of nitrogens with one attached hydrogen (secondary N) is 1. The Labute approximate surface area is 106 Å². The first-order valence-electron chi connectivity index (χ1n) is 6.06. The minimum Gasteiger partial charge on any atom is -0.369 e. The van der Waals surface area contributed by atoms with Crippen molar-refractivity contribution in [3.8, 4) is 0 Å². The van der Waals surface area contributed by atoms with E-state index < -0.39 is 0 Å². The van der Waals surface area contributed by atoms with Gasteiger partial charge in [-0.1, -0.05) is 30.3 Å². The summed E-state index contributed by atoms with van der Waals surface area (Å²) in [7, 11) is 0. The first-order chi connectivity index (χ1) is 8.66. The van der Waals surface area contributed by atoms with Gasteiger partial charge in [0.25, 0.3) is 5.56 Å². The van der Waals surface area contributed by atoms with Gasteiger partial charge in [0.15, 0.2) is 0 Å². The molecule has 0 aliphatic rings. The summed E-state index contributed by atoms with van der Waals surface area (Å²) in [4.78, 5) is 18.3. The number of nitrogens with two attached hydrogens (primary N) is 1. The van der Waals surface area contributed by atoms with Crippen LogP contribution in [-0.2, 0) is 12.8 Å². The fraction of sp³-hybridized carbons (Fsp3) is 0.286. The number of hydrogen-bond donors (Lipinski definition) is 2. The second kappa shape index (κ2) is 5.49. The van der Waals surface area contributed by atoms with Crippen molar-refractivity contribution < 1.29 is 0 Å². The lowest BCUT2D eigenvalue weighted by molar-refractivity contribution is 0.796. The number of benzene rings is 1. The Balaban J connectivity index is 2.01. The third-order valence-electron chi connectivity index (χ3n) is 2.98. The van der Waals surface area contributed by atoms with Gasteiger partial charge in [0, 0.05) is 11.3 Å². The summed E-state index contributed by atoms with van der Waals surface area (Å²) in [5, 5.41) is 0. The molecular formula is C14H17N3O. The van der Waals surface area contributed by atoms with Crippen LogP contribution >= 0.6 is 0 Å². The number of aromatic nitrogens is 2. The molecule has 2 aromatic rings. The molecule has 0 bridgehead atoms. The van der Waals surface area contributed by atoms with Crippen molar-refractivity contribution in [3.63, 3.8) is 0 Å². The van der Waals surface area contributed by atoms with Gasteiger partial charge in [0.1, 0.15) is 0 Å². The summed E-state index contributed by atoms with van der Waals surface area (Å²) >= 11 is 0. The van der Waals surface area contributed by atoms with Crippen LogP contribution in [0.3, 0.4) is 0 Å². The molecule has 94 valence electrons. The van der Waals surface area contributed by atoms with Crippen LogP contribution in [0.25, 0.3) is 0 Å². The van der Waals surface area contributed by atoms with E-state index in [0.29, 0.717) is 0 Å². The van der Waals surface area contributed by atoms with Gasteiger partial charge in [-0.15, -0.1) is 0 Å². The first kappa shape index (κ1) is 12.4. The van der Waals surface area contributed by atoms with Crippen LogP contribution < -0.4 is 11.3 Å². The van der Waals surface area contributed by atoms with Crippen molar-refractivity contribution in [2.24, 2.45) is 0 Å². The minimum absolute atomic E-state index is 0.118. The van der Waals surface area contributed by atoms with E-state index in [9.17, 15) is 4.79 Å². The number of aromatic amines is 1. The van der Waals surface area contributed by atoms with E-state index in [4.69, 9.17) is 5.73 Å². The number of nitrogen functional groups attached to an aromatic ring is 1. The molecule has 0 amide bonds. The van der Waals surface area contributed by atoms with Gasteiger partial charge in [-0.25, -0.2) is 4.98 Å². The third-order valence-corrected chi connectivity index (χ3v) is 2.98. The smallest absolute Gasteiger partial charge is 0.255 e. The molecule has 0 spiro atoms. The molecule has 3 N–H and O–H groups in total. The summed E-state index contributed by atoms with van der Waals surface area (Å²) < 4.78 is 0. The highest BCUT2D eigenvalue weighted by Crippen LogP contribution is 2.08. The fourth-order valence-corrected chi connectivity index (χ4v) is 2.04. The van der Waals surface area contributed by atoms with Gasteiger partial charge in [-0.05, 0) is 31.7 Å². The van der Waals surface area contributed by atoms with Gasteiger partial charge >= 0.3 is 0 Å². The second-order valence-corrected chi connectivity index (χ2v) is 4.35. The molecule has 1 aromatic heterocycles. The number of rotatable bonds is 4. The molecule has 2 rings (SSSR count). The number of H-pyrrole nitrogens is 1. The highest BCUT2D eigenvalue weighted by molar-refractivity contribution is 5.24. The van der Waals surface area contributed by atoms with Crippen molar-refractivity contribution in [2.45, 2.75) is 26.2 Å². The van der Waals surface area contributed by atoms with Crippen molar-refractivity contribution in [2.75, 3.05) is 5.73 Å². The molecular weight excluding hydrogens is 226 g/mol. The summed E-state index contributed by atoms with van der Waals surface area (Å²) in [5.74, 6) is 0.185. The molecule has 4 heteroatoms. The lowest BCUT2D eigenvalue weighted by Gasteiger charge is -2.05. The zero-order chi connectivity index (χ0) is 13.0. The first-order valence-corrected chi connectivity index (χ1v) is 6.06. The lowest BCUT2D eigenvalue weighted by atomic mass is 10.0. The number of aryl methyl sites for hydroxylation is 2. The van der Waals surface area contributed by atoms with Crippen LogP contribution in [0.15, 0.2) is 35.1 Å². The maximum atomic E-state index is 11.7. The lowest BCUT2D eigenvalue weighted by Crippen LogP contribution is -2.18. The zero-order valence-corrected chi connectivity index (χ0v) is 10.4. The number of anilines is 1. The minimum atomic E-state index is -0.118. The van der Waals surface area contributed by atoms with Gasteiger partial charge in [0.2, 0.25) is 5.95 Å². The SMILES string of the molecule is Cc1nc(N)[nH]c(=O)c1CCCc1ccccc1. The number of hydrogen-bond acceptors (Lipinski definition) is 3.